The van der Waals surface area contributed by atoms with E-state index in [1.54, 1.807) is 24.4 Å². The third-order valence-electron chi connectivity index (χ3n) is 7.75. The summed E-state index contributed by atoms with van der Waals surface area (Å²) in [6, 6.07) is 12.0. The molecule has 1 aliphatic heterocycles. The Kier molecular flexibility index (Phi) is 9.56. The topological polar surface area (TPSA) is 108 Å². The Hall–Kier alpha value is -1.97. The van der Waals surface area contributed by atoms with E-state index < -0.39 is 27.5 Å². The molecule has 3 heterocycles. The molecule has 1 aromatic carbocycles. The number of halogens is 3. The quantitative estimate of drug-likeness (QED) is 0.335. The third-order valence-corrected chi connectivity index (χ3v) is 9.02. The summed E-state index contributed by atoms with van der Waals surface area (Å²) in [6.07, 6.45) is -1.79. The van der Waals surface area contributed by atoms with Gasteiger partial charge in [-0.25, -0.2) is 18.1 Å². The first-order chi connectivity index (χ1) is 19.2. The first-order valence-electron chi connectivity index (χ1n) is 13.3. The summed E-state index contributed by atoms with van der Waals surface area (Å²) in [6.45, 7) is 6.58. The Morgan fingerprint density at radius 1 is 1.12 bits per heavy atom. The van der Waals surface area contributed by atoms with Crippen LogP contribution in [0, 0.1) is 11.3 Å². The molecule has 2 aromatic heterocycles. The number of aromatic nitrogens is 3. The SMILES string of the molecule is C[C@@H]1CN(c2nc(-n3ccc(OCCC4(C(F)(F)F)CC4)n3)ccc2C(=O)[N-]S(=O)(=O)c2ccccc2)C(C)(C)C1.[K+]. The maximum absolute atomic E-state index is 13.3. The Morgan fingerprint density at radius 3 is 2.40 bits per heavy atom. The average molecular weight is 630 g/mol. The fourth-order valence-electron chi connectivity index (χ4n) is 5.39. The fraction of sp³-hybridized carbons (Fsp3) is 0.464. The summed E-state index contributed by atoms with van der Waals surface area (Å²) < 4.78 is 75.7. The molecule has 0 radical (unpaired) electrons. The van der Waals surface area contributed by atoms with Crippen molar-refractivity contribution in [2.24, 2.45) is 11.3 Å². The number of alkyl halides is 3. The maximum Gasteiger partial charge on any atom is 1.00 e. The summed E-state index contributed by atoms with van der Waals surface area (Å²) in [5.41, 5.74) is -2.01. The van der Waals surface area contributed by atoms with Crippen LogP contribution in [0.2, 0.25) is 0 Å². The molecule has 2 aliphatic rings. The van der Waals surface area contributed by atoms with Crippen molar-refractivity contribution < 1.29 is 82.5 Å². The van der Waals surface area contributed by atoms with Crippen molar-refractivity contribution >= 4 is 21.7 Å². The molecule has 0 bridgehead atoms. The summed E-state index contributed by atoms with van der Waals surface area (Å²) in [7, 11) is -4.25. The molecule has 42 heavy (non-hydrogen) atoms. The molecule has 14 heteroatoms. The summed E-state index contributed by atoms with van der Waals surface area (Å²) in [5.74, 6) is 0.0841. The van der Waals surface area contributed by atoms with Gasteiger partial charge in [0, 0.05) is 29.9 Å². The molecule has 1 aliphatic carbocycles. The molecule has 9 nitrogen and oxygen atoms in total. The molecule has 5 rings (SSSR count). The van der Waals surface area contributed by atoms with Crippen molar-refractivity contribution in [2.75, 3.05) is 18.1 Å². The normalized spacial score (nSPS) is 19.2. The number of carbonyl (C=O) groups excluding carboxylic acids is 1. The van der Waals surface area contributed by atoms with Gasteiger partial charge in [0.05, 0.1) is 22.8 Å². The summed E-state index contributed by atoms with van der Waals surface area (Å²) >= 11 is 0. The van der Waals surface area contributed by atoms with Gasteiger partial charge in [-0.2, -0.15) is 13.2 Å². The van der Waals surface area contributed by atoms with E-state index in [0.29, 0.717) is 18.3 Å². The van der Waals surface area contributed by atoms with Crippen LogP contribution in [0.3, 0.4) is 0 Å². The van der Waals surface area contributed by atoms with Crippen LogP contribution < -0.4 is 61.0 Å². The Balaban J connectivity index is 0.00000405. The van der Waals surface area contributed by atoms with E-state index >= 15 is 0 Å². The van der Waals surface area contributed by atoms with Crippen LogP contribution >= 0.6 is 0 Å². The molecule has 0 spiro atoms. The van der Waals surface area contributed by atoms with Crippen LogP contribution in [0.25, 0.3) is 10.5 Å². The summed E-state index contributed by atoms with van der Waals surface area (Å²) in [4.78, 5) is 19.9. The molecular weight excluding hydrogens is 598 g/mol. The van der Waals surface area contributed by atoms with Crippen LogP contribution in [0.4, 0.5) is 19.0 Å². The van der Waals surface area contributed by atoms with Gasteiger partial charge in [0.2, 0.25) is 5.88 Å². The zero-order valence-corrected chi connectivity index (χ0v) is 27.9. The fourth-order valence-corrected chi connectivity index (χ4v) is 6.31. The maximum atomic E-state index is 13.3. The molecule has 2 fully saturated rings. The Labute approximate surface area is 285 Å². The van der Waals surface area contributed by atoms with Crippen molar-refractivity contribution in [3.8, 4) is 11.7 Å². The van der Waals surface area contributed by atoms with E-state index in [1.807, 2.05) is 18.7 Å². The molecular formula is C28H31F3KN5O4S. The second-order valence-corrected chi connectivity index (χ2v) is 13.0. The number of hydrogen-bond acceptors (Lipinski definition) is 7. The molecule has 0 unspecified atom stereocenters. The van der Waals surface area contributed by atoms with Crippen LogP contribution in [0.1, 0.15) is 56.8 Å². The number of rotatable bonds is 9. The van der Waals surface area contributed by atoms with Crippen molar-refractivity contribution in [2.45, 2.75) is 63.1 Å². The van der Waals surface area contributed by atoms with Crippen LogP contribution in [0.5, 0.6) is 5.88 Å². The zero-order chi connectivity index (χ0) is 29.6. The Morgan fingerprint density at radius 2 is 1.81 bits per heavy atom. The van der Waals surface area contributed by atoms with E-state index in [1.165, 1.54) is 35.0 Å². The first kappa shape index (κ1) is 32.9. The van der Waals surface area contributed by atoms with Crippen molar-refractivity contribution in [3.63, 3.8) is 0 Å². The van der Waals surface area contributed by atoms with Gasteiger partial charge in [-0.05, 0) is 69.7 Å². The molecule has 1 saturated carbocycles. The number of benzene rings is 1. The average Bonchev–Trinajstić information content (AvgIpc) is 3.47. The van der Waals surface area contributed by atoms with Crippen LogP contribution in [-0.4, -0.2) is 54.0 Å². The minimum Gasteiger partial charge on any atom is -0.537 e. The molecule has 1 atom stereocenters. The monoisotopic (exact) mass is 629 g/mol. The minimum atomic E-state index is -4.25. The van der Waals surface area contributed by atoms with Gasteiger partial charge in [0.1, 0.15) is 15.8 Å². The van der Waals surface area contributed by atoms with E-state index in [9.17, 15) is 26.4 Å². The zero-order valence-electron chi connectivity index (χ0n) is 23.9. The number of sulfonamides is 1. The van der Waals surface area contributed by atoms with Gasteiger partial charge < -0.3 is 19.2 Å². The molecule has 0 N–H and O–H groups in total. The number of carbonyl (C=O) groups is 1. The smallest absolute Gasteiger partial charge is 0.537 e. The third kappa shape index (κ3) is 6.88. The van der Waals surface area contributed by atoms with E-state index in [2.05, 4.69) is 16.7 Å². The first-order valence-corrected chi connectivity index (χ1v) is 14.8. The predicted octanol–water partition coefficient (Wildman–Crippen LogP) is 2.91. The van der Waals surface area contributed by atoms with Crippen LogP contribution in [0.15, 0.2) is 59.6 Å². The second kappa shape index (κ2) is 12.2. The number of ether oxygens (including phenoxy) is 1. The van der Waals surface area contributed by atoms with E-state index in [0.717, 1.165) is 6.42 Å². The van der Waals surface area contributed by atoms with E-state index in [-0.39, 0.29) is 105 Å². The van der Waals surface area contributed by atoms with Crippen molar-refractivity contribution in [1.82, 2.24) is 14.8 Å². The number of amides is 1. The Bertz CT molecular complexity index is 1540. The van der Waals surface area contributed by atoms with Gasteiger partial charge in [-0.3, -0.25) is 0 Å². The molecule has 220 valence electrons. The predicted molar refractivity (Wildman–Crippen MR) is 146 cm³/mol. The van der Waals surface area contributed by atoms with Gasteiger partial charge in [0.15, 0.2) is 5.82 Å². The minimum absolute atomic E-state index is 0. The number of pyridine rings is 1. The van der Waals surface area contributed by atoms with Gasteiger partial charge >= 0.3 is 57.6 Å². The summed E-state index contributed by atoms with van der Waals surface area (Å²) in [5, 5.41) is 4.30. The molecule has 1 amide bonds. The van der Waals surface area contributed by atoms with Crippen molar-refractivity contribution in [3.05, 3.63) is 65.0 Å². The standard InChI is InChI=1S/C28H32F3N5O4S.K/c1-19-17-26(2,3)35(18-19)24-21(25(37)34-41(38,39)20-7-5-4-6-8-20)9-10-22(32-24)36-15-11-23(33-36)40-16-14-27(12-13-27)28(29,30)31;/h4-11,15,19H,12-14,16-18H2,1-3H3,(H,34,37);/q;+1/p-1/t19-;/m0./s1. The molecule has 1 saturated heterocycles. The largest absolute Gasteiger partial charge is 1.00 e. The van der Waals surface area contributed by atoms with Gasteiger partial charge in [-0.15, -0.1) is 5.10 Å². The second-order valence-electron chi connectivity index (χ2n) is 11.4. The number of nitrogens with zero attached hydrogens (tertiary/aromatic N) is 5. The molecule has 3 aromatic rings. The van der Waals surface area contributed by atoms with E-state index in [4.69, 9.17) is 9.72 Å². The number of hydrogen-bond donors (Lipinski definition) is 0. The van der Waals surface area contributed by atoms with Gasteiger partial charge in [0.25, 0.3) is 0 Å². The van der Waals surface area contributed by atoms with Crippen LogP contribution in [-0.2, 0) is 10.0 Å². The number of anilines is 1. The van der Waals surface area contributed by atoms with Gasteiger partial charge in [-0.1, -0.05) is 25.1 Å². The van der Waals surface area contributed by atoms with Crippen molar-refractivity contribution in [1.29, 1.82) is 0 Å².